The quantitative estimate of drug-likeness (QED) is 0.734. The van der Waals surface area contributed by atoms with Crippen molar-refractivity contribution < 1.29 is 0 Å². The van der Waals surface area contributed by atoms with Crippen molar-refractivity contribution in [1.82, 2.24) is 4.57 Å². The van der Waals surface area contributed by atoms with Crippen LogP contribution in [-0.2, 0) is 6.54 Å². The van der Waals surface area contributed by atoms with Gasteiger partial charge in [-0.2, -0.15) is 0 Å². The molecule has 0 unspecified atom stereocenters. The Morgan fingerprint density at radius 1 is 1.38 bits per heavy atom. The van der Waals surface area contributed by atoms with Crippen molar-refractivity contribution in [2.24, 2.45) is 5.92 Å². The van der Waals surface area contributed by atoms with Crippen molar-refractivity contribution in [1.29, 1.82) is 0 Å². The van der Waals surface area contributed by atoms with Crippen molar-refractivity contribution in [3.05, 3.63) is 34.4 Å². The summed E-state index contributed by atoms with van der Waals surface area (Å²) in [6.45, 7) is 1.07. The van der Waals surface area contributed by atoms with E-state index >= 15 is 0 Å². The number of fused-ring (bicyclic) bond motifs is 1. The van der Waals surface area contributed by atoms with E-state index in [-0.39, 0.29) is 0 Å². The van der Waals surface area contributed by atoms with E-state index in [1.807, 2.05) is 0 Å². The molecule has 0 aliphatic heterocycles. The number of halogens is 1. The largest absolute Gasteiger partial charge is 0.334 e. The van der Waals surface area contributed by atoms with Gasteiger partial charge < -0.3 is 4.57 Å². The van der Waals surface area contributed by atoms with Gasteiger partial charge in [-0.1, -0.05) is 27.9 Å². The number of hydrogen-bond acceptors (Lipinski definition) is 0. The van der Waals surface area contributed by atoms with Crippen molar-refractivity contribution in [3.8, 4) is 12.3 Å². The standard InChI is InChI=1S/C14H12BrN/c1-2-13-7-11-5-6-12(15)8-14(11)16(13)9-10-3-4-10/h1,5-8,10H,3-4,9H2. The van der Waals surface area contributed by atoms with Gasteiger partial charge in [-0.05, 0) is 37.0 Å². The Balaban J connectivity index is 2.19. The Hall–Kier alpha value is -1.20. The van der Waals surface area contributed by atoms with Crippen LogP contribution in [0.3, 0.4) is 0 Å². The zero-order valence-corrected chi connectivity index (χ0v) is 10.5. The van der Waals surface area contributed by atoms with Gasteiger partial charge in [-0.15, -0.1) is 6.42 Å². The van der Waals surface area contributed by atoms with Crippen LogP contribution < -0.4 is 0 Å². The highest BCUT2D eigenvalue weighted by molar-refractivity contribution is 9.10. The monoisotopic (exact) mass is 273 g/mol. The van der Waals surface area contributed by atoms with E-state index < -0.39 is 0 Å². The van der Waals surface area contributed by atoms with Crippen LogP contribution >= 0.6 is 15.9 Å². The van der Waals surface area contributed by atoms with E-state index in [2.05, 4.69) is 50.7 Å². The smallest absolute Gasteiger partial charge is 0.0928 e. The van der Waals surface area contributed by atoms with Crippen LogP contribution in [0.25, 0.3) is 10.9 Å². The molecule has 1 aromatic carbocycles. The molecule has 0 spiro atoms. The predicted octanol–water partition coefficient (Wildman–Crippen LogP) is 3.80. The highest BCUT2D eigenvalue weighted by Gasteiger charge is 2.23. The first-order chi connectivity index (χ1) is 7.78. The minimum atomic E-state index is 0.835. The van der Waals surface area contributed by atoms with Crippen molar-refractivity contribution in [2.75, 3.05) is 0 Å². The summed E-state index contributed by atoms with van der Waals surface area (Å²) in [4.78, 5) is 0. The minimum absolute atomic E-state index is 0.835. The van der Waals surface area contributed by atoms with Gasteiger partial charge in [0.15, 0.2) is 0 Å². The van der Waals surface area contributed by atoms with Crippen LogP contribution in [0.1, 0.15) is 18.5 Å². The topological polar surface area (TPSA) is 4.93 Å². The SMILES string of the molecule is C#Cc1cc2ccc(Br)cc2n1CC1CC1. The summed E-state index contributed by atoms with van der Waals surface area (Å²) in [6.07, 6.45) is 8.26. The van der Waals surface area contributed by atoms with E-state index in [4.69, 9.17) is 6.42 Å². The van der Waals surface area contributed by atoms with Crippen LogP contribution in [0, 0.1) is 18.3 Å². The number of nitrogens with zero attached hydrogens (tertiary/aromatic N) is 1. The van der Waals surface area contributed by atoms with Crippen LogP contribution in [0.15, 0.2) is 28.7 Å². The first-order valence-electron chi connectivity index (χ1n) is 5.53. The third kappa shape index (κ3) is 1.66. The van der Waals surface area contributed by atoms with Crippen LogP contribution in [0.2, 0.25) is 0 Å². The molecule has 80 valence electrons. The average Bonchev–Trinajstić information content (AvgIpc) is 3.02. The molecule has 0 bridgehead atoms. The Morgan fingerprint density at radius 2 is 2.19 bits per heavy atom. The minimum Gasteiger partial charge on any atom is -0.334 e. The van der Waals surface area contributed by atoms with E-state index in [1.54, 1.807) is 0 Å². The molecule has 1 aliphatic rings. The van der Waals surface area contributed by atoms with E-state index in [1.165, 1.54) is 23.7 Å². The maximum Gasteiger partial charge on any atom is 0.0928 e. The van der Waals surface area contributed by atoms with Gasteiger partial charge in [0.05, 0.1) is 11.2 Å². The second-order valence-corrected chi connectivity index (χ2v) is 5.35. The van der Waals surface area contributed by atoms with E-state index in [0.29, 0.717) is 0 Å². The lowest BCUT2D eigenvalue weighted by molar-refractivity contribution is 0.642. The van der Waals surface area contributed by atoms with Gasteiger partial charge in [-0.3, -0.25) is 0 Å². The molecule has 0 atom stereocenters. The summed E-state index contributed by atoms with van der Waals surface area (Å²) in [5.41, 5.74) is 2.24. The molecule has 0 radical (unpaired) electrons. The van der Waals surface area contributed by atoms with Crippen LogP contribution in [0.5, 0.6) is 0 Å². The van der Waals surface area contributed by atoms with E-state index in [9.17, 15) is 0 Å². The molecule has 1 fully saturated rings. The zero-order chi connectivity index (χ0) is 11.1. The third-order valence-electron chi connectivity index (χ3n) is 3.15. The molecule has 1 aromatic heterocycles. The first-order valence-corrected chi connectivity index (χ1v) is 6.32. The Morgan fingerprint density at radius 3 is 2.88 bits per heavy atom. The fourth-order valence-electron chi connectivity index (χ4n) is 2.10. The lowest BCUT2D eigenvalue weighted by Crippen LogP contribution is -2.01. The molecular weight excluding hydrogens is 262 g/mol. The fraction of sp³-hybridized carbons (Fsp3) is 0.286. The van der Waals surface area contributed by atoms with Gasteiger partial charge in [0.2, 0.25) is 0 Å². The molecule has 1 saturated carbocycles. The second kappa shape index (κ2) is 3.68. The van der Waals surface area contributed by atoms with Crippen molar-refractivity contribution >= 4 is 26.8 Å². The number of rotatable bonds is 2. The Kier molecular flexibility index (Phi) is 2.29. The summed E-state index contributed by atoms with van der Waals surface area (Å²) in [6, 6.07) is 8.43. The summed E-state index contributed by atoms with van der Waals surface area (Å²) in [7, 11) is 0. The highest BCUT2D eigenvalue weighted by atomic mass is 79.9. The van der Waals surface area contributed by atoms with Crippen molar-refractivity contribution in [3.63, 3.8) is 0 Å². The molecule has 16 heavy (non-hydrogen) atoms. The number of terminal acetylenes is 1. The van der Waals surface area contributed by atoms with Gasteiger partial charge in [0.1, 0.15) is 0 Å². The third-order valence-corrected chi connectivity index (χ3v) is 3.65. The first kappa shape index (κ1) is 9.99. The Labute approximate surface area is 104 Å². The Bertz CT molecular complexity index is 585. The lowest BCUT2D eigenvalue weighted by Gasteiger charge is -2.06. The number of aromatic nitrogens is 1. The number of benzene rings is 1. The molecule has 1 nitrogen and oxygen atoms in total. The molecule has 3 rings (SSSR count). The van der Waals surface area contributed by atoms with Gasteiger partial charge in [-0.25, -0.2) is 0 Å². The zero-order valence-electron chi connectivity index (χ0n) is 8.91. The maximum atomic E-state index is 5.57. The summed E-state index contributed by atoms with van der Waals surface area (Å²) in [5, 5.41) is 1.23. The molecular formula is C14H12BrN. The van der Waals surface area contributed by atoms with Gasteiger partial charge >= 0.3 is 0 Å². The van der Waals surface area contributed by atoms with Gasteiger partial charge in [0, 0.05) is 16.4 Å². The summed E-state index contributed by atoms with van der Waals surface area (Å²) < 4.78 is 3.39. The van der Waals surface area contributed by atoms with E-state index in [0.717, 1.165) is 22.6 Å². The number of hydrogen-bond donors (Lipinski definition) is 0. The molecule has 0 N–H and O–H groups in total. The predicted molar refractivity (Wildman–Crippen MR) is 70.3 cm³/mol. The van der Waals surface area contributed by atoms with Crippen molar-refractivity contribution in [2.45, 2.75) is 19.4 Å². The van der Waals surface area contributed by atoms with Crippen LogP contribution in [-0.4, -0.2) is 4.57 Å². The molecule has 0 amide bonds. The summed E-state index contributed by atoms with van der Waals surface area (Å²) >= 11 is 3.51. The normalized spacial score (nSPS) is 15.2. The van der Waals surface area contributed by atoms with Gasteiger partial charge in [0.25, 0.3) is 0 Å². The average molecular weight is 274 g/mol. The van der Waals surface area contributed by atoms with Crippen LogP contribution in [0.4, 0.5) is 0 Å². The molecule has 2 heteroatoms. The fourth-order valence-corrected chi connectivity index (χ4v) is 2.45. The summed E-state index contributed by atoms with van der Waals surface area (Å²) in [5.74, 6) is 3.62. The molecule has 0 saturated heterocycles. The molecule has 1 heterocycles. The highest BCUT2D eigenvalue weighted by Crippen LogP contribution is 2.33. The lowest BCUT2D eigenvalue weighted by atomic mass is 10.2. The molecule has 1 aliphatic carbocycles. The maximum absolute atomic E-state index is 5.57. The molecule has 2 aromatic rings. The second-order valence-electron chi connectivity index (χ2n) is 4.43.